The number of amides is 1. The number of halogens is 1. The summed E-state index contributed by atoms with van der Waals surface area (Å²) >= 11 is 12.8. The van der Waals surface area contributed by atoms with Gasteiger partial charge >= 0.3 is 5.97 Å². The number of ether oxygens (including phenoxy) is 4. The lowest BCUT2D eigenvalue weighted by Gasteiger charge is -2.15. The molecule has 0 unspecified atom stereocenters. The third kappa shape index (κ3) is 5.98. The summed E-state index contributed by atoms with van der Waals surface area (Å²) in [6.07, 6.45) is 1.49. The van der Waals surface area contributed by atoms with Crippen molar-refractivity contribution in [3.05, 3.63) is 51.9 Å². The molecule has 7 nitrogen and oxygen atoms in total. The molecule has 0 aliphatic carbocycles. The van der Waals surface area contributed by atoms with Crippen molar-refractivity contribution in [2.24, 2.45) is 0 Å². The van der Waals surface area contributed by atoms with Gasteiger partial charge in [0.05, 0.1) is 35.9 Å². The molecule has 174 valence electrons. The summed E-state index contributed by atoms with van der Waals surface area (Å²) < 4.78 is 21.5. The van der Waals surface area contributed by atoms with Crippen LogP contribution < -0.4 is 19.1 Å². The molecular formula is C23H22ClNO6S2. The van der Waals surface area contributed by atoms with E-state index in [2.05, 4.69) is 0 Å². The van der Waals surface area contributed by atoms with Crippen molar-refractivity contribution in [1.29, 1.82) is 0 Å². The second kappa shape index (κ2) is 10.9. The molecule has 1 heterocycles. The number of nitrogens with zero attached hydrogens (tertiary/aromatic N) is 1. The summed E-state index contributed by atoms with van der Waals surface area (Å²) in [7, 11) is 3.01. The smallest absolute Gasteiger partial charge is 0.344 e. The Balaban J connectivity index is 1.79. The number of methoxy groups -OCH3 is 2. The van der Waals surface area contributed by atoms with Crippen LogP contribution in [0.25, 0.3) is 6.08 Å². The number of carbonyl (C=O) groups excluding carboxylic acids is 2. The Kier molecular flexibility index (Phi) is 8.23. The topological polar surface area (TPSA) is 74.3 Å². The number of benzene rings is 2. The van der Waals surface area contributed by atoms with Crippen molar-refractivity contribution in [3.63, 3.8) is 0 Å². The van der Waals surface area contributed by atoms with E-state index in [1.54, 1.807) is 56.3 Å². The van der Waals surface area contributed by atoms with Crippen LogP contribution in [0.2, 0.25) is 5.02 Å². The number of hydrogen-bond donors (Lipinski definition) is 0. The Morgan fingerprint density at radius 2 is 1.82 bits per heavy atom. The average molecular weight is 508 g/mol. The molecule has 10 heteroatoms. The standard InChI is InChI=1S/C23H22ClNO6S2/c1-13(2)31-21(26)12-30-18-7-5-14(9-19(18)29-4)10-20-22(27)25(23(32)33-20)15-6-8-17(28-3)16(24)11-15/h5-11,13H,12H2,1-4H3/b20-10-. The summed E-state index contributed by atoms with van der Waals surface area (Å²) in [4.78, 5) is 26.6. The molecule has 2 aromatic carbocycles. The minimum absolute atomic E-state index is 0.224. The molecule has 1 aliphatic rings. The molecule has 0 atom stereocenters. The number of hydrogen-bond acceptors (Lipinski definition) is 8. The lowest BCUT2D eigenvalue weighted by Crippen LogP contribution is -2.27. The lowest BCUT2D eigenvalue weighted by molar-refractivity contribution is -0.149. The van der Waals surface area contributed by atoms with Gasteiger partial charge in [-0.05, 0) is 55.8 Å². The zero-order chi connectivity index (χ0) is 24.1. The highest BCUT2D eigenvalue weighted by atomic mass is 35.5. The third-order valence-electron chi connectivity index (χ3n) is 4.39. The second-order valence-corrected chi connectivity index (χ2v) is 9.16. The number of carbonyl (C=O) groups is 2. The fourth-order valence-corrected chi connectivity index (χ4v) is 4.51. The molecule has 33 heavy (non-hydrogen) atoms. The van der Waals surface area contributed by atoms with Gasteiger partial charge in [-0.25, -0.2) is 4.79 Å². The minimum atomic E-state index is -0.474. The van der Waals surface area contributed by atoms with Crippen LogP contribution in [-0.2, 0) is 14.3 Å². The van der Waals surface area contributed by atoms with Crippen LogP contribution >= 0.6 is 35.6 Å². The Bertz CT molecular complexity index is 1120. The van der Waals surface area contributed by atoms with Crippen molar-refractivity contribution >= 4 is 63.5 Å². The van der Waals surface area contributed by atoms with Gasteiger partial charge in [0.15, 0.2) is 22.4 Å². The second-order valence-electron chi connectivity index (χ2n) is 7.07. The molecule has 0 saturated carbocycles. The van der Waals surface area contributed by atoms with Crippen LogP contribution in [0.15, 0.2) is 41.3 Å². The largest absolute Gasteiger partial charge is 0.495 e. The summed E-state index contributed by atoms with van der Waals surface area (Å²) in [5.74, 6) is 0.572. The fraction of sp³-hybridized carbons (Fsp3) is 0.261. The Labute approximate surface area is 206 Å². The first kappa shape index (κ1) is 24.9. The molecule has 3 rings (SSSR count). The van der Waals surface area contributed by atoms with E-state index in [-0.39, 0.29) is 18.6 Å². The van der Waals surface area contributed by atoms with Crippen LogP contribution in [0.1, 0.15) is 19.4 Å². The molecular weight excluding hydrogens is 486 g/mol. The van der Waals surface area contributed by atoms with Crippen LogP contribution in [0.4, 0.5) is 5.69 Å². The van der Waals surface area contributed by atoms with Gasteiger partial charge in [-0.1, -0.05) is 41.6 Å². The molecule has 1 aliphatic heterocycles. The average Bonchev–Trinajstić information content (AvgIpc) is 3.04. The maximum atomic E-state index is 13.0. The van der Waals surface area contributed by atoms with E-state index in [1.807, 2.05) is 0 Å². The number of esters is 1. The van der Waals surface area contributed by atoms with Gasteiger partial charge in [0.2, 0.25) is 0 Å². The summed E-state index contributed by atoms with van der Waals surface area (Å²) in [5, 5.41) is 0.380. The van der Waals surface area contributed by atoms with Gasteiger partial charge < -0.3 is 18.9 Å². The van der Waals surface area contributed by atoms with Crippen molar-refractivity contribution in [3.8, 4) is 17.2 Å². The Morgan fingerprint density at radius 1 is 1.12 bits per heavy atom. The third-order valence-corrected chi connectivity index (χ3v) is 5.98. The molecule has 2 aromatic rings. The van der Waals surface area contributed by atoms with Crippen LogP contribution in [0.3, 0.4) is 0 Å². The van der Waals surface area contributed by atoms with Crippen molar-refractivity contribution in [2.45, 2.75) is 20.0 Å². The normalized spacial score (nSPS) is 14.7. The number of rotatable bonds is 8. The van der Waals surface area contributed by atoms with Gasteiger partial charge in [0, 0.05) is 0 Å². The van der Waals surface area contributed by atoms with E-state index in [9.17, 15) is 9.59 Å². The van der Waals surface area contributed by atoms with Crippen molar-refractivity contribution < 1.29 is 28.5 Å². The molecule has 1 amide bonds. The molecule has 0 aromatic heterocycles. The minimum Gasteiger partial charge on any atom is -0.495 e. The van der Waals surface area contributed by atoms with Crippen LogP contribution in [0, 0.1) is 0 Å². The van der Waals surface area contributed by atoms with E-state index in [4.69, 9.17) is 42.8 Å². The van der Waals surface area contributed by atoms with Gasteiger partial charge in [0.1, 0.15) is 5.75 Å². The van der Waals surface area contributed by atoms with Crippen molar-refractivity contribution in [1.82, 2.24) is 0 Å². The number of anilines is 1. The maximum absolute atomic E-state index is 13.0. The number of thiocarbonyl (C=S) groups is 1. The molecule has 0 bridgehead atoms. The highest BCUT2D eigenvalue weighted by Gasteiger charge is 2.33. The lowest BCUT2D eigenvalue weighted by atomic mass is 10.1. The van der Waals surface area contributed by atoms with Gasteiger partial charge in [0.25, 0.3) is 5.91 Å². The number of thioether (sulfide) groups is 1. The maximum Gasteiger partial charge on any atom is 0.344 e. The highest BCUT2D eigenvalue weighted by molar-refractivity contribution is 8.27. The van der Waals surface area contributed by atoms with E-state index in [0.29, 0.717) is 42.7 Å². The SMILES string of the molecule is COc1ccc(N2C(=O)/C(=C/c3ccc(OCC(=O)OC(C)C)c(OC)c3)SC2=S)cc1Cl. The van der Waals surface area contributed by atoms with Gasteiger partial charge in [-0.15, -0.1) is 0 Å². The van der Waals surface area contributed by atoms with E-state index in [0.717, 1.165) is 0 Å². The predicted molar refractivity (Wildman–Crippen MR) is 133 cm³/mol. The summed E-state index contributed by atoms with van der Waals surface area (Å²) in [5.41, 5.74) is 1.26. The Morgan fingerprint density at radius 3 is 2.45 bits per heavy atom. The van der Waals surface area contributed by atoms with Crippen molar-refractivity contribution in [2.75, 3.05) is 25.7 Å². The summed E-state index contributed by atoms with van der Waals surface area (Å²) in [6.45, 7) is 3.29. The first-order chi connectivity index (χ1) is 15.7. The first-order valence-corrected chi connectivity index (χ1v) is 11.5. The molecule has 1 fully saturated rings. The van der Waals surface area contributed by atoms with E-state index in [1.165, 1.54) is 30.9 Å². The van der Waals surface area contributed by atoms with Gasteiger partial charge in [-0.3, -0.25) is 9.69 Å². The molecule has 0 radical (unpaired) electrons. The Hall–Kier alpha value is -2.75. The predicted octanol–water partition coefficient (Wildman–Crippen LogP) is 5.09. The molecule has 0 N–H and O–H groups in total. The van der Waals surface area contributed by atoms with E-state index < -0.39 is 5.97 Å². The molecule has 0 spiro atoms. The highest BCUT2D eigenvalue weighted by Crippen LogP contribution is 2.39. The zero-order valence-electron chi connectivity index (χ0n) is 18.4. The van der Waals surface area contributed by atoms with Crippen LogP contribution in [-0.4, -0.2) is 43.1 Å². The molecule has 1 saturated heterocycles. The monoisotopic (exact) mass is 507 g/mol. The quantitative estimate of drug-likeness (QED) is 0.278. The van der Waals surface area contributed by atoms with Gasteiger partial charge in [-0.2, -0.15) is 0 Å². The first-order valence-electron chi connectivity index (χ1n) is 9.85. The zero-order valence-corrected chi connectivity index (χ0v) is 20.8. The summed E-state index contributed by atoms with van der Waals surface area (Å²) in [6, 6.07) is 10.2. The van der Waals surface area contributed by atoms with E-state index >= 15 is 0 Å². The fourth-order valence-electron chi connectivity index (χ4n) is 2.96. The van der Waals surface area contributed by atoms with Crippen LogP contribution in [0.5, 0.6) is 17.2 Å².